The molecule has 26 heavy (non-hydrogen) atoms. The first-order chi connectivity index (χ1) is 12.5. The Morgan fingerprint density at radius 1 is 1.31 bits per heavy atom. The number of amides is 1. The van der Waals surface area contributed by atoms with Crippen LogP contribution in [-0.2, 0) is 10.5 Å². The molecule has 3 rings (SSSR count). The minimum Gasteiger partial charge on any atom is -0.507 e. The van der Waals surface area contributed by atoms with Gasteiger partial charge in [0.1, 0.15) is 29.2 Å². The van der Waals surface area contributed by atoms with Crippen LogP contribution in [0.2, 0.25) is 5.02 Å². The van der Waals surface area contributed by atoms with Gasteiger partial charge in [0, 0.05) is 16.8 Å². The largest absolute Gasteiger partial charge is 0.507 e. The third kappa shape index (κ3) is 3.89. The Bertz CT molecular complexity index is 992. The Balaban J connectivity index is 1.89. The highest BCUT2D eigenvalue weighted by atomic mass is 35.5. The van der Waals surface area contributed by atoms with Crippen molar-refractivity contribution >= 4 is 40.9 Å². The van der Waals surface area contributed by atoms with E-state index >= 15 is 0 Å². The number of nitrogens with one attached hydrogen (secondary N) is 1. The maximum atomic E-state index is 12.2. The summed E-state index contributed by atoms with van der Waals surface area (Å²) in [6.45, 7) is -0.566. The van der Waals surface area contributed by atoms with Crippen molar-refractivity contribution in [3.63, 3.8) is 0 Å². The minimum absolute atomic E-state index is 0.129. The number of thioether (sulfide) groups is 1. The predicted octanol–water partition coefficient (Wildman–Crippen LogP) is 2.19. The van der Waals surface area contributed by atoms with Crippen molar-refractivity contribution in [1.29, 1.82) is 0 Å². The van der Waals surface area contributed by atoms with Gasteiger partial charge in [-0.25, -0.2) is 9.50 Å². The third-order valence-electron chi connectivity index (χ3n) is 3.40. The fraction of sp³-hybridized carbons (Fsp3) is 0.125. The number of benzene rings is 1. The summed E-state index contributed by atoms with van der Waals surface area (Å²) in [5.74, 6) is -1.67. The van der Waals surface area contributed by atoms with Gasteiger partial charge in [-0.2, -0.15) is 5.10 Å². The average Bonchev–Trinajstić information content (AvgIpc) is 3.07. The Hall–Kier alpha value is -2.78. The molecule has 2 heterocycles. The second kappa shape index (κ2) is 7.63. The molecule has 134 valence electrons. The van der Waals surface area contributed by atoms with Gasteiger partial charge in [0.15, 0.2) is 5.65 Å². The van der Waals surface area contributed by atoms with Gasteiger partial charge in [0.05, 0.1) is 0 Å². The normalized spacial score (nSPS) is 10.8. The summed E-state index contributed by atoms with van der Waals surface area (Å²) in [7, 11) is 0. The van der Waals surface area contributed by atoms with Gasteiger partial charge in [-0.3, -0.25) is 9.59 Å². The number of carbonyl (C=O) groups is 2. The molecule has 0 spiro atoms. The second-order valence-electron chi connectivity index (χ2n) is 5.23. The molecule has 10 heteroatoms. The zero-order valence-electron chi connectivity index (χ0n) is 13.2. The molecule has 0 aliphatic rings. The highest BCUT2D eigenvalue weighted by Gasteiger charge is 2.21. The highest BCUT2D eigenvalue weighted by Crippen LogP contribution is 2.30. The summed E-state index contributed by atoms with van der Waals surface area (Å²) in [5.41, 5.74) is 0.996. The Morgan fingerprint density at radius 2 is 2.12 bits per heavy atom. The third-order valence-corrected chi connectivity index (χ3v) is 4.70. The van der Waals surface area contributed by atoms with E-state index < -0.39 is 18.4 Å². The molecule has 0 saturated carbocycles. The van der Waals surface area contributed by atoms with Gasteiger partial charge in [-0.15, -0.1) is 11.8 Å². The zero-order chi connectivity index (χ0) is 18.7. The number of carboxylic acids is 1. The van der Waals surface area contributed by atoms with Gasteiger partial charge in [0.25, 0.3) is 5.91 Å². The number of aromatic nitrogens is 3. The van der Waals surface area contributed by atoms with Crippen LogP contribution in [0.15, 0.2) is 41.7 Å². The molecule has 0 aliphatic heterocycles. The van der Waals surface area contributed by atoms with Crippen molar-refractivity contribution in [3.8, 4) is 5.75 Å². The average molecular weight is 393 g/mol. The number of fused-ring (bicyclic) bond motifs is 1. The monoisotopic (exact) mass is 392 g/mol. The summed E-state index contributed by atoms with van der Waals surface area (Å²) < 4.78 is 1.42. The van der Waals surface area contributed by atoms with Gasteiger partial charge in [-0.05, 0) is 17.7 Å². The molecule has 1 amide bonds. The maximum Gasteiger partial charge on any atom is 0.322 e. The smallest absolute Gasteiger partial charge is 0.322 e. The van der Waals surface area contributed by atoms with E-state index in [1.807, 2.05) is 18.2 Å². The fourth-order valence-electron chi connectivity index (χ4n) is 2.29. The minimum atomic E-state index is -1.19. The molecule has 1 aromatic carbocycles. The number of hydrogen-bond donors (Lipinski definition) is 3. The molecular weight excluding hydrogens is 380 g/mol. The number of carbonyl (C=O) groups excluding carboxylic acids is 1. The van der Waals surface area contributed by atoms with Crippen molar-refractivity contribution in [2.75, 3.05) is 6.54 Å². The van der Waals surface area contributed by atoms with Crippen molar-refractivity contribution in [2.24, 2.45) is 0 Å². The quantitative estimate of drug-likeness (QED) is 0.550. The SMILES string of the molecule is O=C(O)CNC(=O)c1c(O)cc(SCc2cccc(Cl)c2)n2ncnc12. The van der Waals surface area contributed by atoms with Gasteiger partial charge in [0.2, 0.25) is 0 Å². The van der Waals surface area contributed by atoms with E-state index in [1.165, 1.54) is 28.7 Å². The molecule has 0 bridgehead atoms. The lowest BCUT2D eigenvalue weighted by Gasteiger charge is -2.10. The van der Waals surface area contributed by atoms with Crippen LogP contribution >= 0.6 is 23.4 Å². The van der Waals surface area contributed by atoms with E-state index in [4.69, 9.17) is 16.7 Å². The summed E-state index contributed by atoms with van der Waals surface area (Å²) in [4.78, 5) is 26.8. The van der Waals surface area contributed by atoms with Gasteiger partial charge < -0.3 is 15.5 Å². The molecule has 0 radical (unpaired) electrons. The van der Waals surface area contributed by atoms with Crippen LogP contribution in [0.25, 0.3) is 5.65 Å². The maximum absolute atomic E-state index is 12.2. The van der Waals surface area contributed by atoms with Gasteiger partial charge >= 0.3 is 5.97 Å². The van der Waals surface area contributed by atoms with Crippen LogP contribution in [0.4, 0.5) is 0 Å². The topological polar surface area (TPSA) is 117 Å². The number of aromatic hydroxyl groups is 1. The van der Waals surface area contributed by atoms with E-state index in [-0.39, 0.29) is 17.0 Å². The second-order valence-corrected chi connectivity index (χ2v) is 6.67. The van der Waals surface area contributed by atoms with Crippen molar-refractivity contribution in [1.82, 2.24) is 19.9 Å². The molecule has 3 N–H and O–H groups in total. The predicted molar refractivity (Wildman–Crippen MR) is 95.6 cm³/mol. The molecule has 0 unspecified atom stereocenters. The van der Waals surface area contributed by atoms with Crippen LogP contribution in [0.1, 0.15) is 15.9 Å². The summed E-state index contributed by atoms with van der Waals surface area (Å²) >= 11 is 7.36. The van der Waals surface area contributed by atoms with Crippen LogP contribution in [0, 0.1) is 0 Å². The van der Waals surface area contributed by atoms with Crippen molar-refractivity contribution in [3.05, 3.63) is 52.8 Å². The molecule has 0 saturated heterocycles. The molecule has 8 nitrogen and oxygen atoms in total. The Kier molecular flexibility index (Phi) is 5.29. The molecule has 3 aromatic rings. The summed E-state index contributed by atoms with van der Waals surface area (Å²) in [5, 5.41) is 26.4. The number of aliphatic carboxylic acids is 1. The molecule has 0 aliphatic carbocycles. The van der Waals surface area contributed by atoms with E-state index in [0.717, 1.165) is 5.56 Å². The number of hydrogen-bond acceptors (Lipinski definition) is 6. The number of nitrogens with zero attached hydrogens (tertiary/aromatic N) is 3. The standard InChI is InChI=1S/C16H13ClN4O4S/c17-10-3-1-2-9(4-10)7-26-12-5-11(22)14(15-19-8-20-21(12)15)16(25)18-6-13(23)24/h1-5,8,22H,6-7H2,(H,18,25)(H,23,24). The Labute approximate surface area is 156 Å². The van der Waals surface area contributed by atoms with Crippen molar-refractivity contribution in [2.45, 2.75) is 10.8 Å². The first kappa shape index (κ1) is 18.0. The molecule has 0 fully saturated rings. The number of carboxylic acid groups (broad SMARTS) is 1. The number of pyridine rings is 1. The van der Waals surface area contributed by atoms with Crippen molar-refractivity contribution < 1.29 is 19.8 Å². The number of halogens is 1. The lowest BCUT2D eigenvalue weighted by molar-refractivity contribution is -0.135. The van der Waals surface area contributed by atoms with E-state index in [9.17, 15) is 14.7 Å². The number of rotatable bonds is 6. The summed E-state index contributed by atoms with van der Waals surface area (Å²) in [6, 6.07) is 8.77. The first-order valence-corrected chi connectivity index (χ1v) is 8.75. The van der Waals surface area contributed by atoms with Gasteiger partial charge in [-0.1, -0.05) is 23.7 Å². The molecular formula is C16H13ClN4O4S. The lowest BCUT2D eigenvalue weighted by Crippen LogP contribution is -2.29. The van der Waals surface area contributed by atoms with Crippen LogP contribution in [-0.4, -0.2) is 43.2 Å². The first-order valence-electron chi connectivity index (χ1n) is 7.38. The van der Waals surface area contributed by atoms with Crippen LogP contribution in [0.3, 0.4) is 0 Å². The highest BCUT2D eigenvalue weighted by molar-refractivity contribution is 7.98. The van der Waals surface area contributed by atoms with Crippen LogP contribution in [0.5, 0.6) is 5.75 Å². The molecule has 0 atom stereocenters. The van der Waals surface area contributed by atoms with E-state index in [2.05, 4.69) is 15.4 Å². The van der Waals surface area contributed by atoms with E-state index in [1.54, 1.807) is 6.07 Å². The van der Waals surface area contributed by atoms with Crippen LogP contribution < -0.4 is 5.32 Å². The molecule has 2 aromatic heterocycles. The Morgan fingerprint density at radius 3 is 2.85 bits per heavy atom. The summed E-state index contributed by atoms with van der Waals surface area (Å²) in [6.07, 6.45) is 1.26. The zero-order valence-corrected chi connectivity index (χ0v) is 14.8. The lowest BCUT2D eigenvalue weighted by atomic mass is 10.2. The van der Waals surface area contributed by atoms with E-state index in [0.29, 0.717) is 15.8 Å². The fourth-order valence-corrected chi connectivity index (χ4v) is 3.44.